The van der Waals surface area contributed by atoms with Crippen molar-refractivity contribution in [3.05, 3.63) is 0 Å². The first kappa shape index (κ1) is 28.0. The van der Waals surface area contributed by atoms with Crippen molar-refractivity contribution in [2.24, 2.45) is 10.8 Å². The van der Waals surface area contributed by atoms with Crippen LogP contribution in [-0.4, -0.2) is 102 Å². The fourth-order valence-corrected chi connectivity index (χ4v) is 5.87. The molecule has 0 aliphatic carbocycles. The lowest BCUT2D eigenvalue weighted by atomic mass is 9.80. The molecule has 2 unspecified atom stereocenters. The summed E-state index contributed by atoms with van der Waals surface area (Å²) in [7, 11) is 0. The minimum atomic E-state index is -0.259. The van der Waals surface area contributed by atoms with Crippen LogP contribution in [-0.2, 0) is 0 Å². The summed E-state index contributed by atoms with van der Waals surface area (Å²) in [5.41, 5.74) is 0.608. The van der Waals surface area contributed by atoms with Crippen LogP contribution in [0.5, 0.6) is 0 Å². The molecule has 190 valence electrons. The first-order valence-electron chi connectivity index (χ1n) is 13.0. The van der Waals surface area contributed by atoms with Gasteiger partial charge in [0, 0.05) is 75.5 Å². The molecule has 2 heterocycles. The van der Waals surface area contributed by atoms with Gasteiger partial charge in [-0.05, 0) is 72.6 Å². The minimum absolute atomic E-state index is 0.118. The largest absolute Gasteiger partial charge is 0.299 e. The highest BCUT2D eigenvalue weighted by Crippen LogP contribution is 2.37. The Hall–Kier alpha value is -0.230. The van der Waals surface area contributed by atoms with Crippen molar-refractivity contribution < 1.29 is 4.39 Å². The van der Waals surface area contributed by atoms with Gasteiger partial charge in [0.1, 0.15) is 6.67 Å². The van der Waals surface area contributed by atoms with Gasteiger partial charge in [0.15, 0.2) is 0 Å². The van der Waals surface area contributed by atoms with Crippen molar-refractivity contribution in [2.45, 2.75) is 106 Å². The molecule has 0 radical (unpaired) electrons. The Labute approximate surface area is 199 Å². The molecule has 2 aliphatic rings. The Morgan fingerprint density at radius 2 is 1.44 bits per heavy atom. The predicted octanol–water partition coefficient (Wildman–Crippen LogP) is 4.99. The Morgan fingerprint density at radius 1 is 0.844 bits per heavy atom. The van der Waals surface area contributed by atoms with Gasteiger partial charge in [0.2, 0.25) is 0 Å². The molecule has 2 aliphatic heterocycles. The van der Waals surface area contributed by atoms with Gasteiger partial charge in [0.05, 0.1) is 0 Å². The zero-order chi connectivity index (χ0) is 24.5. The van der Waals surface area contributed by atoms with E-state index in [4.69, 9.17) is 0 Å². The summed E-state index contributed by atoms with van der Waals surface area (Å²) in [6.07, 6.45) is 1.12. The topological polar surface area (TPSA) is 13.0 Å². The van der Waals surface area contributed by atoms with Crippen LogP contribution < -0.4 is 0 Å². The van der Waals surface area contributed by atoms with Crippen LogP contribution in [0.15, 0.2) is 0 Å². The molecule has 2 saturated heterocycles. The maximum absolute atomic E-state index is 13.7. The third-order valence-corrected chi connectivity index (χ3v) is 7.74. The molecule has 2 atom stereocenters. The molecular weight excluding hydrogens is 399 g/mol. The van der Waals surface area contributed by atoms with E-state index in [1.165, 1.54) is 0 Å². The molecule has 0 amide bonds. The van der Waals surface area contributed by atoms with Crippen molar-refractivity contribution in [3.8, 4) is 0 Å². The van der Waals surface area contributed by atoms with Crippen molar-refractivity contribution in [1.82, 2.24) is 19.6 Å². The monoisotopic (exact) mass is 454 g/mol. The number of alkyl halides is 1. The Bertz CT molecular complexity index is 591. The van der Waals surface area contributed by atoms with Gasteiger partial charge in [0.25, 0.3) is 0 Å². The van der Waals surface area contributed by atoms with E-state index in [9.17, 15) is 4.39 Å². The third-order valence-electron chi connectivity index (χ3n) is 7.74. The van der Waals surface area contributed by atoms with E-state index in [0.29, 0.717) is 18.6 Å². The van der Waals surface area contributed by atoms with E-state index in [1.807, 2.05) is 0 Å². The molecule has 2 fully saturated rings. The Balaban J connectivity index is 2.38. The first-order chi connectivity index (χ1) is 14.5. The summed E-state index contributed by atoms with van der Waals surface area (Å²) in [6, 6.07) is 0.931. The molecule has 0 aromatic heterocycles. The maximum atomic E-state index is 13.7. The lowest BCUT2D eigenvalue weighted by Gasteiger charge is -2.45. The maximum Gasteiger partial charge on any atom is 0.102 e. The average Bonchev–Trinajstić information content (AvgIpc) is 2.85. The van der Waals surface area contributed by atoms with E-state index in [0.717, 1.165) is 52.2 Å². The fraction of sp³-hybridized carbons (Fsp3) is 1.00. The number of hydrogen-bond donors (Lipinski definition) is 0. The van der Waals surface area contributed by atoms with Gasteiger partial charge in [-0.3, -0.25) is 19.6 Å². The molecular formula is C27H55FN4. The highest BCUT2D eigenvalue weighted by molar-refractivity contribution is 4.98. The summed E-state index contributed by atoms with van der Waals surface area (Å²) in [5, 5.41) is 0. The van der Waals surface area contributed by atoms with E-state index in [2.05, 4.69) is 95.8 Å². The number of nitrogens with zero attached hydrogens (tertiary/aromatic N) is 4. The Kier molecular flexibility index (Phi) is 8.91. The normalized spacial score (nSPS) is 30.5. The van der Waals surface area contributed by atoms with Crippen molar-refractivity contribution in [3.63, 3.8) is 0 Å². The van der Waals surface area contributed by atoms with E-state index >= 15 is 0 Å². The third kappa shape index (κ3) is 7.65. The van der Waals surface area contributed by atoms with Crippen LogP contribution in [0.4, 0.5) is 4.39 Å². The average molecular weight is 455 g/mol. The lowest BCUT2D eigenvalue weighted by Crippen LogP contribution is -2.53. The molecule has 4 nitrogen and oxygen atoms in total. The van der Waals surface area contributed by atoms with Crippen LogP contribution in [0.25, 0.3) is 0 Å². The first-order valence-corrected chi connectivity index (χ1v) is 13.0. The molecule has 32 heavy (non-hydrogen) atoms. The van der Waals surface area contributed by atoms with Gasteiger partial charge in [-0.1, -0.05) is 20.8 Å². The lowest BCUT2D eigenvalue weighted by molar-refractivity contribution is 0.0440. The summed E-state index contributed by atoms with van der Waals surface area (Å²) >= 11 is 0. The zero-order valence-corrected chi connectivity index (χ0v) is 23.4. The molecule has 5 heteroatoms. The van der Waals surface area contributed by atoms with E-state index < -0.39 is 0 Å². The molecule has 0 aromatic carbocycles. The second kappa shape index (κ2) is 10.2. The van der Waals surface area contributed by atoms with Crippen molar-refractivity contribution >= 4 is 0 Å². The standard InChI is InChI=1S/C27H55FN4/c1-22(2)29-14-15-31(24(3,4)5)21-27(11,20-29)16-23-17-32(25(6,7)8)19-26(9,10)18-30(23)13-12-28/h22-23H,12-21H2,1-11H3. The van der Waals surface area contributed by atoms with Crippen LogP contribution >= 0.6 is 0 Å². The quantitative estimate of drug-likeness (QED) is 0.580. The van der Waals surface area contributed by atoms with E-state index in [-0.39, 0.29) is 28.6 Å². The van der Waals surface area contributed by atoms with Gasteiger partial charge in [-0.15, -0.1) is 0 Å². The molecule has 0 saturated carbocycles. The summed E-state index contributed by atoms with van der Waals surface area (Å²) in [6.45, 7) is 33.8. The minimum Gasteiger partial charge on any atom is -0.299 e. The number of rotatable bonds is 5. The SMILES string of the molecule is CC(C)N1CCN(C(C)(C)C)CC(C)(CC2CN(C(C)(C)C)CC(C)(C)CN2CCF)C1. The summed E-state index contributed by atoms with van der Waals surface area (Å²) in [4.78, 5) is 10.5. The van der Waals surface area contributed by atoms with E-state index in [1.54, 1.807) is 0 Å². The van der Waals surface area contributed by atoms with Gasteiger partial charge in [-0.25, -0.2) is 4.39 Å². The fourth-order valence-electron chi connectivity index (χ4n) is 5.87. The number of halogens is 1. The van der Waals surface area contributed by atoms with Crippen molar-refractivity contribution in [2.75, 3.05) is 59.0 Å². The smallest absolute Gasteiger partial charge is 0.102 e. The summed E-state index contributed by atoms with van der Waals surface area (Å²) < 4.78 is 13.7. The highest BCUT2D eigenvalue weighted by atomic mass is 19.1. The predicted molar refractivity (Wildman–Crippen MR) is 137 cm³/mol. The molecule has 0 aromatic rings. The van der Waals surface area contributed by atoms with Gasteiger partial charge in [-0.2, -0.15) is 0 Å². The van der Waals surface area contributed by atoms with Crippen LogP contribution in [0.2, 0.25) is 0 Å². The summed E-state index contributed by atoms with van der Waals surface area (Å²) in [5.74, 6) is 0. The molecule has 0 bridgehead atoms. The molecule has 2 rings (SSSR count). The molecule has 0 N–H and O–H groups in total. The van der Waals surface area contributed by atoms with Gasteiger partial charge >= 0.3 is 0 Å². The highest BCUT2D eigenvalue weighted by Gasteiger charge is 2.43. The molecule has 0 spiro atoms. The van der Waals surface area contributed by atoms with Gasteiger partial charge < -0.3 is 0 Å². The van der Waals surface area contributed by atoms with Crippen LogP contribution in [0.1, 0.15) is 82.6 Å². The number of hydrogen-bond acceptors (Lipinski definition) is 4. The van der Waals surface area contributed by atoms with Crippen molar-refractivity contribution in [1.29, 1.82) is 0 Å². The van der Waals surface area contributed by atoms with Crippen LogP contribution in [0.3, 0.4) is 0 Å². The van der Waals surface area contributed by atoms with Crippen LogP contribution in [0, 0.1) is 10.8 Å². The second-order valence-electron chi connectivity index (χ2n) is 14.2. The Morgan fingerprint density at radius 3 is 1.94 bits per heavy atom. The zero-order valence-electron chi connectivity index (χ0n) is 23.4. The second-order valence-corrected chi connectivity index (χ2v) is 14.2.